The van der Waals surface area contributed by atoms with Gasteiger partial charge < -0.3 is 10.1 Å². The van der Waals surface area contributed by atoms with Crippen molar-refractivity contribution in [2.75, 3.05) is 11.9 Å². The molecule has 0 spiro atoms. The van der Waals surface area contributed by atoms with Gasteiger partial charge in [-0.15, -0.1) is 0 Å². The van der Waals surface area contributed by atoms with Crippen LogP contribution in [-0.2, 0) is 9.53 Å². The monoisotopic (exact) mass is 360 g/mol. The van der Waals surface area contributed by atoms with Gasteiger partial charge in [-0.05, 0) is 31.0 Å². The molecule has 1 unspecified atom stereocenters. The highest BCUT2D eigenvalue weighted by atomic mass is 35.5. The van der Waals surface area contributed by atoms with Crippen molar-refractivity contribution in [1.82, 2.24) is 14.8 Å². The Kier molecular flexibility index (Phi) is 5.38. The lowest BCUT2D eigenvalue weighted by Crippen LogP contribution is -2.29. The maximum absolute atomic E-state index is 12.7. The molecule has 0 radical (unpaired) electrons. The predicted molar refractivity (Wildman–Crippen MR) is 96.4 cm³/mol. The third-order valence-corrected chi connectivity index (χ3v) is 4.43. The lowest BCUT2D eigenvalue weighted by Gasteiger charge is -2.28. The van der Waals surface area contributed by atoms with E-state index < -0.39 is 6.04 Å². The minimum Gasteiger partial charge on any atom is -0.462 e. The summed E-state index contributed by atoms with van der Waals surface area (Å²) in [4.78, 5) is 17.0. The number of benzene rings is 1. The molecule has 1 aliphatic heterocycles. The van der Waals surface area contributed by atoms with Crippen molar-refractivity contribution >= 4 is 23.5 Å². The molecule has 6 nitrogen and oxygen atoms in total. The smallest absolute Gasteiger partial charge is 0.338 e. The quantitative estimate of drug-likeness (QED) is 0.624. The fourth-order valence-electron chi connectivity index (χ4n) is 2.90. The number of aromatic nitrogens is 3. The van der Waals surface area contributed by atoms with Gasteiger partial charge in [0.15, 0.2) is 0 Å². The molecule has 132 valence electrons. The number of anilines is 1. The lowest BCUT2D eigenvalue weighted by atomic mass is 9.96. The number of ether oxygens (including phenoxy) is 1. The number of unbranched alkanes of at least 4 members (excludes halogenated alkanes) is 2. The van der Waals surface area contributed by atoms with Crippen molar-refractivity contribution in [2.45, 2.75) is 39.2 Å². The van der Waals surface area contributed by atoms with Gasteiger partial charge in [0.1, 0.15) is 12.4 Å². The molecule has 1 aromatic heterocycles. The van der Waals surface area contributed by atoms with Gasteiger partial charge in [0.2, 0.25) is 5.95 Å². The molecule has 0 fully saturated rings. The highest BCUT2D eigenvalue weighted by Gasteiger charge is 2.34. The third kappa shape index (κ3) is 3.69. The number of carbonyl (C=O) groups excluding carboxylic acids is 1. The zero-order valence-electron chi connectivity index (χ0n) is 14.3. The summed E-state index contributed by atoms with van der Waals surface area (Å²) in [6.07, 6.45) is 4.45. The Morgan fingerprint density at radius 1 is 1.32 bits per heavy atom. The fraction of sp³-hybridized carbons (Fsp3) is 0.389. The van der Waals surface area contributed by atoms with Gasteiger partial charge >= 0.3 is 5.97 Å². The summed E-state index contributed by atoms with van der Waals surface area (Å²) in [7, 11) is 0. The fourth-order valence-corrected chi connectivity index (χ4v) is 3.03. The first-order valence-electron chi connectivity index (χ1n) is 8.41. The molecule has 1 atom stereocenters. The van der Waals surface area contributed by atoms with Gasteiger partial charge in [-0.3, -0.25) is 0 Å². The number of nitrogens with zero attached hydrogens (tertiary/aromatic N) is 3. The van der Waals surface area contributed by atoms with Crippen LogP contribution < -0.4 is 5.32 Å². The summed E-state index contributed by atoms with van der Waals surface area (Å²) in [5, 5.41) is 8.05. The van der Waals surface area contributed by atoms with Crippen molar-refractivity contribution in [3.8, 4) is 0 Å². The Bertz CT molecular complexity index is 783. The summed E-state index contributed by atoms with van der Waals surface area (Å²) in [6, 6.07) is 6.99. The highest BCUT2D eigenvalue weighted by Crippen LogP contribution is 2.35. The summed E-state index contributed by atoms with van der Waals surface area (Å²) in [5.74, 6) is 0.266. The van der Waals surface area contributed by atoms with E-state index in [0.717, 1.165) is 30.5 Å². The van der Waals surface area contributed by atoms with Crippen LogP contribution in [-0.4, -0.2) is 27.3 Å². The number of esters is 1. The largest absolute Gasteiger partial charge is 0.462 e. The first-order valence-corrected chi connectivity index (χ1v) is 8.79. The van der Waals surface area contributed by atoms with Gasteiger partial charge in [-0.25, -0.2) is 9.48 Å². The number of carbonyl (C=O) groups is 1. The van der Waals surface area contributed by atoms with Crippen LogP contribution in [0.5, 0.6) is 0 Å². The molecule has 1 aromatic carbocycles. The van der Waals surface area contributed by atoms with E-state index in [1.807, 2.05) is 19.1 Å². The van der Waals surface area contributed by atoms with E-state index in [1.54, 1.807) is 16.8 Å². The van der Waals surface area contributed by atoms with Crippen molar-refractivity contribution < 1.29 is 9.53 Å². The molecule has 0 aliphatic carbocycles. The Labute approximate surface area is 151 Å². The maximum atomic E-state index is 12.7. The summed E-state index contributed by atoms with van der Waals surface area (Å²) in [5.41, 5.74) is 2.16. The second kappa shape index (κ2) is 7.70. The van der Waals surface area contributed by atoms with Crippen LogP contribution >= 0.6 is 11.6 Å². The predicted octanol–water partition coefficient (Wildman–Crippen LogP) is 3.95. The minimum absolute atomic E-state index is 0.331. The zero-order valence-corrected chi connectivity index (χ0v) is 15.1. The first-order chi connectivity index (χ1) is 12.1. The molecular formula is C18H21ClN4O2. The lowest BCUT2D eigenvalue weighted by molar-refractivity contribution is -0.139. The molecule has 0 saturated heterocycles. The van der Waals surface area contributed by atoms with Crippen LogP contribution in [0.25, 0.3) is 0 Å². The second-order valence-electron chi connectivity index (χ2n) is 5.99. The van der Waals surface area contributed by atoms with Crippen molar-refractivity contribution in [3.63, 3.8) is 0 Å². The van der Waals surface area contributed by atoms with Gasteiger partial charge in [0, 0.05) is 10.7 Å². The van der Waals surface area contributed by atoms with Crippen LogP contribution in [0.1, 0.15) is 44.7 Å². The number of fused-ring (bicyclic) bond motifs is 1. The number of halogens is 1. The minimum atomic E-state index is -0.394. The maximum Gasteiger partial charge on any atom is 0.338 e. The Hall–Kier alpha value is -2.34. The average Bonchev–Trinajstić information content (AvgIpc) is 3.06. The van der Waals surface area contributed by atoms with E-state index in [-0.39, 0.29) is 5.97 Å². The normalized spacial score (nSPS) is 16.4. The molecule has 0 bridgehead atoms. The van der Waals surface area contributed by atoms with Crippen LogP contribution in [0.15, 0.2) is 41.9 Å². The molecule has 3 rings (SSSR count). The van der Waals surface area contributed by atoms with Gasteiger partial charge in [-0.2, -0.15) is 10.1 Å². The van der Waals surface area contributed by atoms with Crippen molar-refractivity contribution in [1.29, 1.82) is 0 Å². The second-order valence-corrected chi connectivity index (χ2v) is 6.43. The number of nitrogens with one attached hydrogen (secondary N) is 1. The Morgan fingerprint density at radius 2 is 2.08 bits per heavy atom. The number of hydrogen-bond donors (Lipinski definition) is 1. The molecule has 1 N–H and O–H groups in total. The molecule has 7 heteroatoms. The summed E-state index contributed by atoms with van der Waals surface area (Å²) < 4.78 is 7.19. The SMILES string of the molecule is CCCCCOC(=O)C1=C(C)Nc2ncnn2C1c1ccc(Cl)cc1. The molecule has 2 aromatic rings. The molecule has 0 amide bonds. The van der Waals surface area contributed by atoms with Crippen LogP contribution in [0, 0.1) is 0 Å². The Morgan fingerprint density at radius 3 is 2.80 bits per heavy atom. The number of rotatable bonds is 6. The standard InChI is InChI=1S/C18H21ClN4O2/c1-3-4-5-10-25-17(24)15-12(2)22-18-20-11-21-23(18)16(15)13-6-8-14(19)9-7-13/h6-9,11,16H,3-5,10H2,1-2H3,(H,20,21,22). The zero-order chi connectivity index (χ0) is 17.8. The van der Waals surface area contributed by atoms with E-state index in [1.165, 1.54) is 6.33 Å². The highest BCUT2D eigenvalue weighted by molar-refractivity contribution is 6.30. The first kappa shape index (κ1) is 17.5. The van der Waals surface area contributed by atoms with Gasteiger partial charge in [0.25, 0.3) is 0 Å². The number of hydrogen-bond acceptors (Lipinski definition) is 5. The van der Waals surface area contributed by atoms with E-state index >= 15 is 0 Å². The van der Waals surface area contributed by atoms with Crippen LogP contribution in [0.4, 0.5) is 5.95 Å². The molecule has 25 heavy (non-hydrogen) atoms. The van der Waals surface area contributed by atoms with Crippen molar-refractivity contribution in [2.24, 2.45) is 0 Å². The Balaban J connectivity index is 1.92. The number of allylic oxidation sites excluding steroid dienone is 1. The van der Waals surface area contributed by atoms with E-state index in [4.69, 9.17) is 16.3 Å². The van der Waals surface area contributed by atoms with E-state index in [2.05, 4.69) is 22.3 Å². The topological polar surface area (TPSA) is 69.0 Å². The van der Waals surface area contributed by atoms with E-state index in [9.17, 15) is 4.79 Å². The van der Waals surface area contributed by atoms with E-state index in [0.29, 0.717) is 23.2 Å². The van der Waals surface area contributed by atoms with Gasteiger partial charge in [-0.1, -0.05) is 43.5 Å². The summed E-state index contributed by atoms with van der Waals surface area (Å²) >= 11 is 6.00. The summed E-state index contributed by atoms with van der Waals surface area (Å²) in [6.45, 7) is 4.38. The van der Waals surface area contributed by atoms with Gasteiger partial charge in [0.05, 0.1) is 12.2 Å². The molecule has 0 saturated carbocycles. The van der Waals surface area contributed by atoms with Crippen LogP contribution in [0.2, 0.25) is 5.02 Å². The third-order valence-electron chi connectivity index (χ3n) is 4.18. The molecular weight excluding hydrogens is 340 g/mol. The average molecular weight is 361 g/mol. The molecule has 2 heterocycles. The van der Waals surface area contributed by atoms with Crippen molar-refractivity contribution in [3.05, 3.63) is 52.4 Å². The van der Waals surface area contributed by atoms with Crippen LogP contribution in [0.3, 0.4) is 0 Å². The molecule has 1 aliphatic rings.